The lowest BCUT2D eigenvalue weighted by Gasteiger charge is -2.35. The molecule has 2 unspecified atom stereocenters. The second-order valence-corrected chi connectivity index (χ2v) is 7.67. The van der Waals surface area contributed by atoms with Crippen LogP contribution in [0.4, 0.5) is 0 Å². The maximum atomic E-state index is 12.9. The number of allylic oxidation sites excluding steroid dienone is 5. The molecule has 2 atom stereocenters. The summed E-state index contributed by atoms with van der Waals surface area (Å²) in [6.45, 7) is 5.06. The first kappa shape index (κ1) is 17.9. The average molecular weight is 339 g/mol. The molecule has 2 aliphatic rings. The molecule has 2 rings (SSSR count). The van der Waals surface area contributed by atoms with Crippen LogP contribution in [0.3, 0.4) is 0 Å². The fourth-order valence-corrected chi connectivity index (χ4v) is 4.19. The lowest BCUT2D eigenvalue weighted by atomic mass is 10.2. The molecule has 1 fully saturated rings. The highest BCUT2D eigenvalue weighted by Crippen LogP contribution is 2.21. The Labute approximate surface area is 138 Å². The van der Waals surface area contributed by atoms with E-state index in [1.54, 1.807) is 18.2 Å². The van der Waals surface area contributed by atoms with Crippen LogP contribution in [0.5, 0.6) is 0 Å². The minimum absolute atomic E-state index is 0.0233. The number of hydrogen-bond acceptors (Lipinski definition) is 4. The summed E-state index contributed by atoms with van der Waals surface area (Å²) in [5.74, 6) is -0.244. The second-order valence-electron chi connectivity index (χ2n) is 5.78. The number of carbonyl (C=O) groups excluding carboxylic acids is 1. The Morgan fingerprint density at radius 2 is 2.26 bits per heavy atom. The zero-order chi connectivity index (χ0) is 16.9. The molecule has 1 saturated heterocycles. The number of nitrogens with one attached hydrogen (secondary N) is 2. The third-order valence-corrected chi connectivity index (χ3v) is 6.02. The van der Waals surface area contributed by atoms with E-state index in [0.29, 0.717) is 26.1 Å². The summed E-state index contributed by atoms with van der Waals surface area (Å²) in [6.07, 6.45) is 10.1. The van der Waals surface area contributed by atoms with Gasteiger partial charge in [0.2, 0.25) is 15.9 Å². The van der Waals surface area contributed by atoms with Crippen molar-refractivity contribution in [1.29, 1.82) is 0 Å². The lowest BCUT2D eigenvalue weighted by Crippen LogP contribution is -2.60. The van der Waals surface area contributed by atoms with Gasteiger partial charge in [-0.25, -0.2) is 8.42 Å². The molecular formula is C16H25N3O3S. The van der Waals surface area contributed by atoms with Crippen LogP contribution >= 0.6 is 0 Å². The normalized spacial score (nSPS) is 23.9. The fourth-order valence-electron chi connectivity index (χ4n) is 2.52. The first-order chi connectivity index (χ1) is 11.0. The maximum absolute atomic E-state index is 12.9. The number of sulfonamides is 1. The topological polar surface area (TPSA) is 78.5 Å². The number of carbonyl (C=O) groups is 1. The summed E-state index contributed by atoms with van der Waals surface area (Å²) in [6, 6.07) is -0.691. The smallest absolute Gasteiger partial charge is 0.243 e. The molecule has 0 aromatic rings. The van der Waals surface area contributed by atoms with Gasteiger partial charge in [0.15, 0.2) is 0 Å². The third-order valence-electron chi connectivity index (χ3n) is 4.07. The Morgan fingerprint density at radius 3 is 3.00 bits per heavy atom. The van der Waals surface area contributed by atoms with E-state index in [1.807, 2.05) is 26.0 Å². The van der Waals surface area contributed by atoms with E-state index in [4.69, 9.17) is 0 Å². The molecule has 23 heavy (non-hydrogen) atoms. The van der Waals surface area contributed by atoms with E-state index in [9.17, 15) is 13.2 Å². The summed E-state index contributed by atoms with van der Waals surface area (Å²) >= 11 is 0. The van der Waals surface area contributed by atoms with Gasteiger partial charge in [-0.15, -0.1) is 0 Å². The van der Waals surface area contributed by atoms with Crippen LogP contribution in [0.25, 0.3) is 0 Å². The summed E-state index contributed by atoms with van der Waals surface area (Å²) in [5.41, 5.74) is 0. The van der Waals surface area contributed by atoms with Crippen molar-refractivity contribution in [2.45, 2.75) is 38.8 Å². The molecule has 2 N–H and O–H groups in total. The predicted molar refractivity (Wildman–Crippen MR) is 91.2 cm³/mol. The molecule has 0 saturated carbocycles. The Kier molecular flexibility index (Phi) is 6.15. The number of piperazine rings is 1. The van der Waals surface area contributed by atoms with Gasteiger partial charge in [0, 0.05) is 25.7 Å². The van der Waals surface area contributed by atoms with E-state index >= 15 is 0 Å². The van der Waals surface area contributed by atoms with Crippen LogP contribution < -0.4 is 10.6 Å². The highest BCUT2D eigenvalue weighted by molar-refractivity contribution is 7.93. The first-order valence-electron chi connectivity index (χ1n) is 8.03. The van der Waals surface area contributed by atoms with E-state index in [0.717, 1.165) is 6.42 Å². The van der Waals surface area contributed by atoms with E-state index in [1.165, 1.54) is 4.31 Å². The van der Waals surface area contributed by atoms with E-state index in [-0.39, 0.29) is 16.9 Å². The second kappa shape index (κ2) is 7.90. The highest BCUT2D eigenvalue weighted by Gasteiger charge is 2.38. The Morgan fingerprint density at radius 1 is 1.48 bits per heavy atom. The van der Waals surface area contributed by atoms with Gasteiger partial charge in [0.1, 0.15) is 6.04 Å². The van der Waals surface area contributed by atoms with Gasteiger partial charge >= 0.3 is 0 Å². The lowest BCUT2D eigenvalue weighted by molar-refractivity contribution is -0.125. The van der Waals surface area contributed by atoms with Crippen molar-refractivity contribution in [2.75, 3.05) is 19.6 Å². The van der Waals surface area contributed by atoms with E-state index < -0.39 is 16.1 Å². The largest absolute Gasteiger partial charge is 0.352 e. The van der Waals surface area contributed by atoms with Gasteiger partial charge in [-0.3, -0.25) is 4.79 Å². The predicted octanol–water partition coefficient (Wildman–Crippen LogP) is 0.905. The zero-order valence-corrected chi connectivity index (χ0v) is 14.5. The first-order valence-corrected chi connectivity index (χ1v) is 9.47. The molecule has 1 aliphatic carbocycles. The van der Waals surface area contributed by atoms with Crippen molar-refractivity contribution in [3.8, 4) is 0 Å². The van der Waals surface area contributed by atoms with Crippen molar-refractivity contribution in [3.05, 3.63) is 35.3 Å². The molecule has 0 aromatic heterocycles. The Hall–Kier alpha value is -1.44. The molecular weight excluding hydrogens is 314 g/mol. The van der Waals surface area contributed by atoms with E-state index in [2.05, 4.69) is 10.6 Å². The van der Waals surface area contributed by atoms with Crippen molar-refractivity contribution < 1.29 is 13.2 Å². The van der Waals surface area contributed by atoms with Gasteiger partial charge in [-0.05, 0) is 25.8 Å². The number of rotatable bonds is 5. The molecule has 1 heterocycles. The van der Waals surface area contributed by atoms with Gasteiger partial charge in [-0.2, -0.15) is 4.31 Å². The molecule has 0 spiro atoms. The molecule has 7 heteroatoms. The Balaban J connectivity index is 2.23. The van der Waals surface area contributed by atoms with Crippen molar-refractivity contribution in [3.63, 3.8) is 0 Å². The van der Waals surface area contributed by atoms with Crippen molar-refractivity contribution >= 4 is 15.9 Å². The highest BCUT2D eigenvalue weighted by atomic mass is 32.2. The summed E-state index contributed by atoms with van der Waals surface area (Å²) in [7, 11) is -3.68. The van der Waals surface area contributed by atoms with Gasteiger partial charge in [0.25, 0.3) is 0 Å². The molecule has 6 nitrogen and oxygen atoms in total. The summed E-state index contributed by atoms with van der Waals surface area (Å²) < 4.78 is 27.2. The van der Waals surface area contributed by atoms with Crippen LogP contribution in [0.2, 0.25) is 0 Å². The van der Waals surface area contributed by atoms with Crippen LogP contribution in [0, 0.1) is 0 Å². The molecule has 128 valence electrons. The third kappa shape index (κ3) is 4.31. The number of hydrogen-bond donors (Lipinski definition) is 2. The molecule has 0 bridgehead atoms. The summed E-state index contributed by atoms with van der Waals surface area (Å²) in [5, 5.41) is 5.99. The van der Waals surface area contributed by atoms with Crippen LogP contribution in [-0.4, -0.2) is 50.3 Å². The minimum atomic E-state index is -3.68. The van der Waals surface area contributed by atoms with Gasteiger partial charge < -0.3 is 10.6 Å². The van der Waals surface area contributed by atoms with Gasteiger partial charge in [0.05, 0.1) is 4.91 Å². The number of amides is 1. The number of nitrogens with zero attached hydrogens (tertiary/aromatic N) is 1. The minimum Gasteiger partial charge on any atom is -0.352 e. The van der Waals surface area contributed by atoms with Crippen LogP contribution in [-0.2, 0) is 14.8 Å². The fraction of sp³-hybridized carbons (Fsp3) is 0.562. The summed E-state index contributed by atoms with van der Waals surface area (Å²) in [4.78, 5) is 12.7. The molecule has 0 aromatic carbocycles. The zero-order valence-electron chi connectivity index (χ0n) is 13.7. The monoisotopic (exact) mass is 339 g/mol. The quantitative estimate of drug-likeness (QED) is 0.780. The van der Waals surface area contributed by atoms with Gasteiger partial charge in [-0.1, -0.05) is 31.2 Å². The van der Waals surface area contributed by atoms with Crippen LogP contribution in [0.1, 0.15) is 26.7 Å². The standard InChI is InChI=1S/C16H25N3O3S/c1-3-13(2)18-16(20)15-12-17-10-11-19(15)23(21,22)14-8-6-4-5-7-9-14/h4-6,8-9,13,15,17H,3,7,10-12H2,1-2H3,(H,18,20). The Bertz CT molecular complexity index is 622. The molecule has 1 aliphatic heterocycles. The molecule has 1 amide bonds. The van der Waals surface area contributed by atoms with Crippen LogP contribution in [0.15, 0.2) is 35.3 Å². The van der Waals surface area contributed by atoms with Crippen molar-refractivity contribution in [2.24, 2.45) is 0 Å². The van der Waals surface area contributed by atoms with Crippen molar-refractivity contribution in [1.82, 2.24) is 14.9 Å². The maximum Gasteiger partial charge on any atom is 0.243 e. The SMILES string of the molecule is CCC(C)NC(=O)C1CNCCN1S(=O)(=O)C1=CCC=CC=C1. The average Bonchev–Trinajstić information content (AvgIpc) is 2.84. The molecule has 0 radical (unpaired) electrons.